The Morgan fingerprint density at radius 3 is 2.71 bits per heavy atom. The van der Waals surface area contributed by atoms with Crippen LogP contribution in [0.1, 0.15) is 37.7 Å². The Balaban J connectivity index is 2.99. The molecule has 0 unspecified atom stereocenters. The quantitative estimate of drug-likeness (QED) is 0.732. The third-order valence-electron chi connectivity index (χ3n) is 2.40. The first kappa shape index (κ1) is 13.4. The van der Waals surface area contributed by atoms with Crippen molar-refractivity contribution < 1.29 is 9.53 Å². The molecule has 0 saturated carbocycles. The molecule has 17 heavy (non-hydrogen) atoms. The Hall–Kier alpha value is -1.65. The van der Waals surface area contributed by atoms with E-state index in [9.17, 15) is 4.79 Å². The molecule has 1 rings (SSSR count). The first-order valence-corrected chi connectivity index (χ1v) is 5.77. The van der Waals surface area contributed by atoms with Gasteiger partial charge in [0.25, 0.3) is 0 Å². The summed E-state index contributed by atoms with van der Waals surface area (Å²) >= 11 is 0. The Bertz CT molecular complexity index is 380. The largest absolute Gasteiger partial charge is 0.464 e. The fourth-order valence-corrected chi connectivity index (χ4v) is 1.58. The highest BCUT2D eigenvalue weighted by Gasteiger charge is 2.14. The zero-order chi connectivity index (χ0) is 12.8. The fraction of sp³-hybridized carbons (Fsp3) is 0.583. The lowest BCUT2D eigenvalue weighted by atomic mass is 10.3. The molecule has 5 nitrogen and oxygen atoms in total. The Kier molecular flexibility index (Phi) is 4.87. The van der Waals surface area contributed by atoms with Crippen molar-refractivity contribution in [3.8, 4) is 0 Å². The summed E-state index contributed by atoms with van der Waals surface area (Å²) in [6.45, 7) is 7.16. The van der Waals surface area contributed by atoms with E-state index in [2.05, 4.69) is 40.4 Å². The van der Waals surface area contributed by atoms with E-state index in [4.69, 9.17) is 0 Å². The first-order valence-electron chi connectivity index (χ1n) is 5.77. The van der Waals surface area contributed by atoms with Crippen LogP contribution in [-0.2, 0) is 4.74 Å². The van der Waals surface area contributed by atoms with Crippen molar-refractivity contribution in [2.24, 2.45) is 0 Å². The van der Waals surface area contributed by atoms with Crippen LogP contribution >= 0.6 is 0 Å². The van der Waals surface area contributed by atoms with Crippen LogP contribution in [0, 0.1) is 0 Å². The average Bonchev–Trinajstić information content (AvgIpc) is 2.34. The predicted molar refractivity (Wildman–Crippen MR) is 66.1 cm³/mol. The lowest BCUT2D eigenvalue weighted by Gasteiger charge is -2.27. The number of carbonyl (C=O) groups excluding carboxylic acids is 1. The van der Waals surface area contributed by atoms with E-state index in [1.165, 1.54) is 13.3 Å². The molecular weight excluding hydrogens is 218 g/mol. The number of carbonyl (C=O) groups is 1. The number of rotatable bonds is 5. The zero-order valence-corrected chi connectivity index (χ0v) is 10.8. The molecule has 0 aliphatic heterocycles. The number of esters is 1. The van der Waals surface area contributed by atoms with Crippen LogP contribution in [0.5, 0.6) is 0 Å². The molecule has 0 fully saturated rings. The Labute approximate surface area is 102 Å². The minimum Gasteiger partial charge on any atom is -0.464 e. The highest BCUT2D eigenvalue weighted by Crippen LogP contribution is 2.14. The van der Waals surface area contributed by atoms with Gasteiger partial charge in [0.2, 0.25) is 0 Å². The summed E-state index contributed by atoms with van der Waals surface area (Å²) in [4.78, 5) is 21.8. The minimum atomic E-state index is -0.459. The van der Waals surface area contributed by atoms with E-state index < -0.39 is 5.97 Å². The highest BCUT2D eigenvalue weighted by molar-refractivity contribution is 5.87. The molecule has 0 radical (unpaired) electrons. The molecule has 0 N–H and O–H groups in total. The summed E-state index contributed by atoms with van der Waals surface area (Å²) in [5, 5.41) is 0. The monoisotopic (exact) mass is 237 g/mol. The number of anilines is 1. The van der Waals surface area contributed by atoms with Crippen molar-refractivity contribution in [2.75, 3.05) is 18.6 Å². The molecule has 1 heterocycles. The second-order valence-corrected chi connectivity index (χ2v) is 4.04. The number of aromatic nitrogens is 2. The van der Waals surface area contributed by atoms with Crippen LogP contribution in [0.15, 0.2) is 12.4 Å². The van der Waals surface area contributed by atoms with Gasteiger partial charge in [0, 0.05) is 12.6 Å². The fourth-order valence-electron chi connectivity index (χ4n) is 1.58. The van der Waals surface area contributed by atoms with Gasteiger partial charge in [0.05, 0.1) is 19.5 Å². The number of ether oxygens (including phenoxy) is 1. The summed E-state index contributed by atoms with van der Waals surface area (Å²) in [7, 11) is 1.34. The molecule has 94 valence electrons. The van der Waals surface area contributed by atoms with E-state index in [0.717, 1.165) is 13.0 Å². The SMILES string of the molecule is CCCN(c1cncc(C(=O)OC)n1)C(C)C. The van der Waals surface area contributed by atoms with E-state index in [-0.39, 0.29) is 5.69 Å². The smallest absolute Gasteiger partial charge is 0.358 e. The summed E-state index contributed by atoms with van der Waals surface area (Å²) in [6.07, 6.45) is 4.10. The molecular formula is C12H19N3O2. The molecule has 0 spiro atoms. The third-order valence-corrected chi connectivity index (χ3v) is 2.40. The normalized spacial score (nSPS) is 10.4. The number of hydrogen-bond acceptors (Lipinski definition) is 5. The van der Waals surface area contributed by atoms with Gasteiger partial charge in [-0.25, -0.2) is 9.78 Å². The lowest BCUT2D eigenvalue weighted by molar-refractivity contribution is 0.0593. The third kappa shape index (κ3) is 3.41. The van der Waals surface area contributed by atoms with Gasteiger partial charge in [-0.3, -0.25) is 4.98 Å². The second-order valence-electron chi connectivity index (χ2n) is 4.04. The molecule has 1 aromatic rings. The van der Waals surface area contributed by atoms with Crippen molar-refractivity contribution >= 4 is 11.8 Å². The maximum absolute atomic E-state index is 11.4. The van der Waals surface area contributed by atoms with Crippen molar-refractivity contribution in [1.29, 1.82) is 0 Å². The van der Waals surface area contributed by atoms with Crippen LogP contribution in [0.3, 0.4) is 0 Å². The van der Waals surface area contributed by atoms with Crippen LogP contribution in [0.25, 0.3) is 0 Å². The van der Waals surface area contributed by atoms with Gasteiger partial charge in [0.15, 0.2) is 5.69 Å². The minimum absolute atomic E-state index is 0.242. The van der Waals surface area contributed by atoms with Gasteiger partial charge in [-0.2, -0.15) is 0 Å². The molecule has 0 aliphatic carbocycles. The van der Waals surface area contributed by atoms with Crippen molar-refractivity contribution in [3.63, 3.8) is 0 Å². The maximum Gasteiger partial charge on any atom is 0.358 e. The molecule has 5 heteroatoms. The van der Waals surface area contributed by atoms with Crippen LogP contribution < -0.4 is 4.90 Å². The summed E-state index contributed by atoms with van der Waals surface area (Å²) in [6, 6.07) is 0.317. The predicted octanol–water partition coefficient (Wildman–Crippen LogP) is 1.89. The second kappa shape index (κ2) is 6.18. The Morgan fingerprint density at radius 1 is 1.47 bits per heavy atom. The number of hydrogen-bond donors (Lipinski definition) is 0. The standard InChI is InChI=1S/C12H19N3O2/c1-5-6-15(9(2)3)11-8-13-7-10(14-11)12(16)17-4/h7-9H,5-6H2,1-4H3. The average molecular weight is 237 g/mol. The molecule has 0 saturated heterocycles. The molecule has 1 aromatic heterocycles. The van der Waals surface area contributed by atoms with Crippen molar-refractivity contribution in [2.45, 2.75) is 33.2 Å². The van der Waals surface area contributed by atoms with Gasteiger partial charge >= 0.3 is 5.97 Å². The van der Waals surface area contributed by atoms with Gasteiger partial charge < -0.3 is 9.64 Å². The maximum atomic E-state index is 11.4. The van der Waals surface area contributed by atoms with Crippen molar-refractivity contribution in [1.82, 2.24) is 9.97 Å². The van der Waals surface area contributed by atoms with Gasteiger partial charge in [0.1, 0.15) is 5.82 Å². The molecule has 0 atom stereocenters. The number of nitrogens with zero attached hydrogens (tertiary/aromatic N) is 3. The number of methoxy groups -OCH3 is 1. The van der Waals surface area contributed by atoms with E-state index in [1.54, 1.807) is 6.20 Å². The van der Waals surface area contributed by atoms with E-state index in [1.807, 2.05) is 0 Å². The van der Waals surface area contributed by atoms with Gasteiger partial charge in [-0.15, -0.1) is 0 Å². The highest BCUT2D eigenvalue weighted by atomic mass is 16.5. The van der Waals surface area contributed by atoms with Crippen LogP contribution in [0.2, 0.25) is 0 Å². The topological polar surface area (TPSA) is 55.3 Å². The van der Waals surface area contributed by atoms with Crippen LogP contribution in [0.4, 0.5) is 5.82 Å². The van der Waals surface area contributed by atoms with E-state index in [0.29, 0.717) is 11.9 Å². The van der Waals surface area contributed by atoms with Crippen molar-refractivity contribution in [3.05, 3.63) is 18.1 Å². The first-order chi connectivity index (χ1) is 8.10. The summed E-state index contributed by atoms with van der Waals surface area (Å²) < 4.78 is 4.63. The van der Waals surface area contributed by atoms with E-state index >= 15 is 0 Å². The van der Waals surface area contributed by atoms with Gasteiger partial charge in [-0.05, 0) is 20.3 Å². The van der Waals surface area contributed by atoms with Gasteiger partial charge in [-0.1, -0.05) is 6.92 Å². The molecule has 0 aromatic carbocycles. The lowest BCUT2D eigenvalue weighted by Crippen LogP contribution is -2.32. The molecule has 0 aliphatic rings. The summed E-state index contributed by atoms with van der Waals surface area (Å²) in [5.41, 5.74) is 0.242. The zero-order valence-electron chi connectivity index (χ0n) is 10.8. The van der Waals surface area contributed by atoms with Crippen LogP contribution in [-0.4, -0.2) is 35.6 Å². The summed E-state index contributed by atoms with van der Waals surface area (Å²) in [5.74, 6) is 0.254. The molecule has 0 amide bonds. The molecule has 0 bridgehead atoms. The Morgan fingerprint density at radius 2 is 2.18 bits per heavy atom.